The van der Waals surface area contributed by atoms with Crippen molar-refractivity contribution in [2.75, 3.05) is 33.5 Å². The van der Waals surface area contributed by atoms with E-state index >= 15 is 0 Å². The maximum absolute atomic E-state index is 13.3. The SMILES string of the molecule is CCCOC1=CC(/C=C/C(=O)c2cccc(OCCC)c2OCCC)C(OCCC)=C(OC)C1. The molecule has 2 rings (SSSR count). The van der Waals surface area contributed by atoms with Gasteiger partial charge in [-0.25, -0.2) is 0 Å². The van der Waals surface area contributed by atoms with Crippen LogP contribution >= 0.6 is 0 Å². The molecule has 1 aromatic rings. The molecule has 0 N–H and O–H groups in total. The van der Waals surface area contributed by atoms with E-state index in [0.717, 1.165) is 43.0 Å². The summed E-state index contributed by atoms with van der Waals surface area (Å²) in [6, 6.07) is 5.43. The molecule has 0 amide bonds. The van der Waals surface area contributed by atoms with Crippen LogP contribution < -0.4 is 9.47 Å². The number of para-hydroxylation sites is 1. The third kappa shape index (κ3) is 7.86. The number of rotatable bonds is 16. The molecule has 34 heavy (non-hydrogen) atoms. The van der Waals surface area contributed by atoms with Gasteiger partial charge in [-0.3, -0.25) is 4.79 Å². The Bertz CT molecular complexity index is 868. The summed E-state index contributed by atoms with van der Waals surface area (Å²) >= 11 is 0. The van der Waals surface area contributed by atoms with Gasteiger partial charge in [-0.1, -0.05) is 39.8 Å². The van der Waals surface area contributed by atoms with Gasteiger partial charge in [0.2, 0.25) is 0 Å². The average Bonchev–Trinajstić information content (AvgIpc) is 2.86. The standard InChI is InChI=1S/C28H40O6/c1-6-15-31-22-19-21(27(33-17-8-3)26(20-22)30-5)13-14-24(29)23-11-10-12-25(32-16-7-2)28(23)34-18-9-4/h10-14,19,21H,6-9,15-18,20H2,1-5H3/b14-13+. The lowest BCUT2D eigenvalue weighted by molar-refractivity contribution is 0.104. The first-order valence-electron chi connectivity index (χ1n) is 12.4. The monoisotopic (exact) mass is 472 g/mol. The Balaban J connectivity index is 2.35. The van der Waals surface area contributed by atoms with Gasteiger partial charge in [-0.15, -0.1) is 0 Å². The van der Waals surface area contributed by atoms with Crippen LogP contribution in [0.3, 0.4) is 0 Å². The predicted octanol–water partition coefficient (Wildman–Crippen LogP) is 6.62. The minimum absolute atomic E-state index is 0.156. The number of benzene rings is 1. The predicted molar refractivity (Wildman–Crippen MR) is 134 cm³/mol. The molecule has 0 radical (unpaired) electrons. The van der Waals surface area contributed by atoms with Gasteiger partial charge >= 0.3 is 0 Å². The quantitative estimate of drug-likeness (QED) is 0.199. The molecular weight excluding hydrogens is 432 g/mol. The smallest absolute Gasteiger partial charge is 0.189 e. The van der Waals surface area contributed by atoms with Crippen molar-refractivity contribution in [3.05, 3.63) is 59.3 Å². The molecular formula is C28H40O6. The molecule has 0 saturated carbocycles. The summed E-state index contributed by atoms with van der Waals surface area (Å²) in [5, 5.41) is 0. The fourth-order valence-electron chi connectivity index (χ4n) is 3.47. The van der Waals surface area contributed by atoms with E-state index in [4.69, 9.17) is 23.7 Å². The van der Waals surface area contributed by atoms with Crippen LogP contribution in [0.1, 0.15) is 70.2 Å². The van der Waals surface area contributed by atoms with Gasteiger partial charge in [0.05, 0.1) is 51.4 Å². The van der Waals surface area contributed by atoms with Gasteiger partial charge in [-0.2, -0.15) is 0 Å². The molecule has 188 valence electrons. The molecule has 0 aromatic heterocycles. The van der Waals surface area contributed by atoms with Crippen LogP contribution in [0.4, 0.5) is 0 Å². The van der Waals surface area contributed by atoms with E-state index < -0.39 is 0 Å². The highest BCUT2D eigenvalue weighted by Crippen LogP contribution is 2.34. The minimum Gasteiger partial charge on any atom is -0.498 e. The summed E-state index contributed by atoms with van der Waals surface area (Å²) in [4.78, 5) is 13.3. The van der Waals surface area contributed by atoms with Crippen LogP contribution in [-0.4, -0.2) is 39.3 Å². The van der Waals surface area contributed by atoms with Gasteiger partial charge in [0.15, 0.2) is 17.3 Å². The Morgan fingerprint density at radius 1 is 0.912 bits per heavy atom. The summed E-state index contributed by atoms with van der Waals surface area (Å²) in [5.74, 6) is 2.95. The second-order valence-corrected chi connectivity index (χ2v) is 8.08. The van der Waals surface area contributed by atoms with Crippen molar-refractivity contribution in [3.63, 3.8) is 0 Å². The van der Waals surface area contributed by atoms with E-state index in [0.29, 0.717) is 49.9 Å². The number of methoxy groups -OCH3 is 1. The van der Waals surface area contributed by atoms with Crippen molar-refractivity contribution in [1.29, 1.82) is 0 Å². The van der Waals surface area contributed by atoms with Gasteiger partial charge in [-0.05, 0) is 50.0 Å². The van der Waals surface area contributed by atoms with Gasteiger partial charge in [0.25, 0.3) is 0 Å². The van der Waals surface area contributed by atoms with E-state index in [2.05, 4.69) is 13.8 Å². The van der Waals surface area contributed by atoms with Crippen LogP contribution in [0.2, 0.25) is 0 Å². The number of ketones is 1. The highest BCUT2D eigenvalue weighted by Gasteiger charge is 2.25. The molecule has 0 bridgehead atoms. The van der Waals surface area contributed by atoms with Gasteiger partial charge < -0.3 is 23.7 Å². The molecule has 0 heterocycles. The van der Waals surface area contributed by atoms with E-state index in [-0.39, 0.29) is 11.7 Å². The zero-order valence-corrected chi connectivity index (χ0v) is 21.4. The Morgan fingerprint density at radius 2 is 1.56 bits per heavy atom. The van der Waals surface area contributed by atoms with E-state index in [1.807, 2.05) is 38.1 Å². The number of hydrogen-bond donors (Lipinski definition) is 0. The van der Waals surface area contributed by atoms with Crippen molar-refractivity contribution in [2.45, 2.75) is 59.8 Å². The Labute approximate surface area is 204 Å². The van der Waals surface area contributed by atoms with Crippen LogP contribution in [0.25, 0.3) is 0 Å². The van der Waals surface area contributed by atoms with Crippen LogP contribution in [0, 0.1) is 5.92 Å². The molecule has 0 fully saturated rings. The molecule has 0 aliphatic heterocycles. The number of ether oxygens (including phenoxy) is 5. The number of carbonyl (C=O) groups excluding carboxylic acids is 1. The normalized spacial score (nSPS) is 15.8. The third-order valence-corrected chi connectivity index (χ3v) is 5.09. The summed E-state index contributed by atoms with van der Waals surface area (Å²) in [6.07, 6.45) is 9.45. The van der Waals surface area contributed by atoms with Gasteiger partial charge in [0, 0.05) is 0 Å². The highest BCUT2D eigenvalue weighted by molar-refractivity contribution is 6.07. The molecule has 6 heteroatoms. The Hall–Kier alpha value is -2.89. The molecule has 1 aliphatic rings. The van der Waals surface area contributed by atoms with Crippen molar-refractivity contribution in [2.24, 2.45) is 5.92 Å². The average molecular weight is 473 g/mol. The Kier molecular flexibility index (Phi) is 12.1. The molecule has 1 aliphatic carbocycles. The maximum Gasteiger partial charge on any atom is 0.189 e. The van der Waals surface area contributed by atoms with E-state index in [9.17, 15) is 4.79 Å². The largest absolute Gasteiger partial charge is 0.498 e. The van der Waals surface area contributed by atoms with Gasteiger partial charge in [0.1, 0.15) is 17.3 Å². The fourth-order valence-corrected chi connectivity index (χ4v) is 3.47. The second-order valence-electron chi connectivity index (χ2n) is 8.08. The minimum atomic E-state index is -0.259. The van der Waals surface area contributed by atoms with Crippen molar-refractivity contribution < 1.29 is 28.5 Å². The lowest BCUT2D eigenvalue weighted by atomic mass is 9.96. The summed E-state index contributed by atoms with van der Waals surface area (Å²) < 4.78 is 29.3. The first-order chi connectivity index (χ1) is 16.6. The molecule has 1 atom stereocenters. The van der Waals surface area contributed by atoms with Crippen LogP contribution in [0.5, 0.6) is 11.5 Å². The van der Waals surface area contributed by atoms with Crippen molar-refractivity contribution in [1.82, 2.24) is 0 Å². The van der Waals surface area contributed by atoms with E-state index in [1.165, 1.54) is 0 Å². The number of allylic oxidation sites excluding steroid dienone is 2. The van der Waals surface area contributed by atoms with Crippen LogP contribution in [0.15, 0.2) is 53.7 Å². The lowest BCUT2D eigenvalue weighted by Crippen LogP contribution is -2.16. The summed E-state index contributed by atoms with van der Waals surface area (Å²) in [7, 11) is 1.64. The zero-order valence-electron chi connectivity index (χ0n) is 21.4. The van der Waals surface area contributed by atoms with Crippen molar-refractivity contribution in [3.8, 4) is 11.5 Å². The fraction of sp³-hybridized carbons (Fsp3) is 0.536. The molecule has 6 nitrogen and oxygen atoms in total. The molecule has 0 saturated heterocycles. The zero-order chi connectivity index (χ0) is 24.8. The molecule has 1 aromatic carbocycles. The maximum atomic E-state index is 13.3. The highest BCUT2D eigenvalue weighted by atomic mass is 16.5. The third-order valence-electron chi connectivity index (χ3n) is 5.09. The molecule has 0 spiro atoms. The Morgan fingerprint density at radius 3 is 2.24 bits per heavy atom. The molecule has 1 unspecified atom stereocenters. The number of hydrogen-bond acceptors (Lipinski definition) is 6. The first-order valence-corrected chi connectivity index (χ1v) is 12.4. The number of carbonyl (C=O) groups is 1. The first kappa shape index (κ1) is 27.4. The van der Waals surface area contributed by atoms with E-state index in [1.54, 1.807) is 19.3 Å². The van der Waals surface area contributed by atoms with Crippen LogP contribution in [-0.2, 0) is 14.2 Å². The summed E-state index contributed by atoms with van der Waals surface area (Å²) in [6.45, 7) is 10.5. The lowest BCUT2D eigenvalue weighted by Gasteiger charge is -2.25. The van der Waals surface area contributed by atoms with Crippen molar-refractivity contribution >= 4 is 5.78 Å². The summed E-state index contributed by atoms with van der Waals surface area (Å²) in [5.41, 5.74) is 0.479. The second kappa shape index (κ2) is 15.1. The topological polar surface area (TPSA) is 63.2 Å².